The molecular formula is C25H23N3O5. The van der Waals surface area contributed by atoms with Crippen LogP contribution in [0.1, 0.15) is 28.8 Å². The number of hydrogen-bond acceptors (Lipinski definition) is 7. The van der Waals surface area contributed by atoms with Crippen molar-refractivity contribution in [3.63, 3.8) is 0 Å². The number of fused-ring (bicyclic) bond motifs is 4. The van der Waals surface area contributed by atoms with E-state index >= 15 is 0 Å². The van der Waals surface area contributed by atoms with Crippen molar-refractivity contribution in [1.29, 1.82) is 0 Å². The zero-order valence-electron chi connectivity index (χ0n) is 18.1. The van der Waals surface area contributed by atoms with E-state index in [9.17, 15) is 14.9 Å². The van der Waals surface area contributed by atoms with Crippen LogP contribution in [0.25, 0.3) is 17.0 Å². The number of rotatable bonds is 5. The second-order valence-electron chi connectivity index (χ2n) is 8.31. The molecule has 6 rings (SSSR count). The minimum absolute atomic E-state index is 0.0602. The van der Waals surface area contributed by atoms with Crippen LogP contribution >= 0.6 is 0 Å². The molecule has 0 amide bonds. The van der Waals surface area contributed by atoms with E-state index in [1.54, 1.807) is 13.3 Å². The van der Waals surface area contributed by atoms with Crippen molar-refractivity contribution in [2.45, 2.75) is 18.9 Å². The molecule has 4 heterocycles. The van der Waals surface area contributed by atoms with Crippen LogP contribution < -0.4 is 4.74 Å². The van der Waals surface area contributed by atoms with Gasteiger partial charge in [-0.05, 0) is 60.9 Å². The number of pyridine rings is 1. The van der Waals surface area contributed by atoms with Crippen molar-refractivity contribution >= 4 is 28.6 Å². The standard InChI is InChI=1S/C25H23N3O5/c1-32-20-6-7-22-21(15-20)18(8-11-26-22)14-23-24(16-9-12-27(23)13-10-16)33-25(29)17-2-4-19(5-3-17)28(30)31/h2-8,11,14-16,24H,9-10,12-13H2,1H3/b23-14-/t24-/m0/s1. The van der Waals surface area contributed by atoms with Crippen LogP contribution in [0.2, 0.25) is 0 Å². The van der Waals surface area contributed by atoms with Crippen LogP contribution in [0.5, 0.6) is 5.75 Å². The summed E-state index contributed by atoms with van der Waals surface area (Å²) in [6, 6.07) is 13.2. The topological polar surface area (TPSA) is 94.8 Å². The van der Waals surface area contributed by atoms with Gasteiger partial charge in [0.15, 0.2) is 0 Å². The van der Waals surface area contributed by atoms with Crippen LogP contribution in [-0.2, 0) is 4.74 Å². The Bertz CT molecular complexity index is 1250. The summed E-state index contributed by atoms with van der Waals surface area (Å²) in [6.45, 7) is 1.85. The van der Waals surface area contributed by atoms with Crippen molar-refractivity contribution in [3.05, 3.63) is 81.7 Å². The third-order valence-corrected chi connectivity index (χ3v) is 6.46. The first-order valence-electron chi connectivity index (χ1n) is 10.9. The van der Waals surface area contributed by atoms with E-state index in [2.05, 4.69) is 16.0 Å². The number of nitro benzene ring substituents is 1. The van der Waals surface area contributed by atoms with E-state index in [4.69, 9.17) is 9.47 Å². The summed E-state index contributed by atoms with van der Waals surface area (Å²) in [4.78, 5) is 30.0. The van der Waals surface area contributed by atoms with E-state index in [1.807, 2.05) is 24.3 Å². The number of esters is 1. The maximum atomic E-state index is 12.9. The predicted octanol–water partition coefficient (Wildman–Crippen LogP) is 4.44. The maximum Gasteiger partial charge on any atom is 0.338 e. The summed E-state index contributed by atoms with van der Waals surface area (Å²) in [5.41, 5.74) is 3.06. The van der Waals surface area contributed by atoms with Crippen LogP contribution in [0.15, 0.2) is 60.4 Å². The van der Waals surface area contributed by atoms with Crippen molar-refractivity contribution in [1.82, 2.24) is 9.88 Å². The molecule has 0 aliphatic carbocycles. The van der Waals surface area contributed by atoms with E-state index < -0.39 is 10.9 Å². The number of carbonyl (C=O) groups is 1. The average Bonchev–Trinajstić information content (AvgIpc) is 2.86. The Morgan fingerprint density at radius 2 is 1.91 bits per heavy atom. The first-order valence-corrected chi connectivity index (χ1v) is 10.9. The van der Waals surface area contributed by atoms with Crippen molar-refractivity contribution < 1.29 is 19.2 Å². The molecule has 2 bridgehead atoms. The lowest BCUT2D eigenvalue weighted by Gasteiger charge is -2.47. The zero-order chi connectivity index (χ0) is 22.9. The molecule has 3 aliphatic rings. The fourth-order valence-corrected chi connectivity index (χ4v) is 4.67. The molecule has 3 aromatic rings. The molecule has 3 aliphatic heterocycles. The number of piperidine rings is 3. The highest BCUT2D eigenvalue weighted by atomic mass is 16.6. The monoisotopic (exact) mass is 445 g/mol. The number of ether oxygens (including phenoxy) is 2. The summed E-state index contributed by atoms with van der Waals surface area (Å²) in [5.74, 6) is 0.517. The summed E-state index contributed by atoms with van der Waals surface area (Å²) in [7, 11) is 1.63. The summed E-state index contributed by atoms with van der Waals surface area (Å²) in [5, 5.41) is 11.9. The predicted molar refractivity (Wildman–Crippen MR) is 123 cm³/mol. The lowest BCUT2D eigenvalue weighted by molar-refractivity contribution is -0.384. The number of methoxy groups -OCH3 is 1. The number of nitro groups is 1. The quantitative estimate of drug-likeness (QED) is 0.325. The number of benzene rings is 2. The van der Waals surface area contributed by atoms with Crippen molar-refractivity contribution in [2.75, 3.05) is 20.2 Å². The first-order chi connectivity index (χ1) is 16.0. The molecule has 0 radical (unpaired) electrons. The van der Waals surface area contributed by atoms with Gasteiger partial charge in [0.2, 0.25) is 0 Å². The van der Waals surface area contributed by atoms with Crippen LogP contribution in [0.3, 0.4) is 0 Å². The SMILES string of the molecule is COc1ccc2nccc(/C=C3/[C@@H](OC(=O)c4ccc([N+](=O)[O-])cc4)C4CCN3CC4)c2c1. The normalized spacial score (nSPS) is 20.8. The van der Waals surface area contributed by atoms with Crippen LogP contribution in [0, 0.1) is 16.0 Å². The summed E-state index contributed by atoms with van der Waals surface area (Å²) < 4.78 is 11.4. The molecule has 8 nitrogen and oxygen atoms in total. The van der Waals surface area contributed by atoms with Crippen molar-refractivity contribution in [2.24, 2.45) is 5.92 Å². The Morgan fingerprint density at radius 1 is 1.15 bits per heavy atom. The van der Waals surface area contributed by atoms with Gasteiger partial charge in [-0.3, -0.25) is 15.1 Å². The Morgan fingerprint density at radius 3 is 2.61 bits per heavy atom. The molecule has 0 N–H and O–H groups in total. The van der Waals surface area contributed by atoms with Gasteiger partial charge in [0, 0.05) is 42.7 Å². The van der Waals surface area contributed by atoms with Gasteiger partial charge in [-0.2, -0.15) is 0 Å². The Kier molecular flexibility index (Phi) is 5.42. The highest BCUT2D eigenvalue weighted by molar-refractivity contribution is 5.91. The third kappa shape index (κ3) is 4.00. The number of non-ortho nitro benzene ring substituents is 1. The molecule has 0 unspecified atom stereocenters. The Hall–Kier alpha value is -3.94. The molecule has 0 spiro atoms. The summed E-state index contributed by atoms with van der Waals surface area (Å²) >= 11 is 0. The molecule has 33 heavy (non-hydrogen) atoms. The molecule has 8 heteroatoms. The van der Waals surface area contributed by atoms with Gasteiger partial charge in [-0.15, -0.1) is 0 Å². The Labute approximate surface area is 190 Å². The first kappa shape index (κ1) is 20.9. The minimum Gasteiger partial charge on any atom is -0.497 e. The van der Waals surface area contributed by atoms with Gasteiger partial charge in [0.05, 0.1) is 28.8 Å². The molecule has 0 saturated carbocycles. The molecule has 1 aromatic heterocycles. The zero-order valence-corrected chi connectivity index (χ0v) is 18.1. The number of aromatic nitrogens is 1. The van der Waals surface area contributed by atoms with E-state index in [0.29, 0.717) is 5.56 Å². The smallest absolute Gasteiger partial charge is 0.338 e. The van der Waals surface area contributed by atoms with E-state index in [0.717, 1.165) is 53.8 Å². The lowest BCUT2D eigenvalue weighted by atomic mass is 9.82. The van der Waals surface area contributed by atoms with Gasteiger partial charge >= 0.3 is 5.97 Å². The maximum absolute atomic E-state index is 12.9. The minimum atomic E-state index is -0.489. The second kappa shape index (κ2) is 8.54. The second-order valence-corrected chi connectivity index (χ2v) is 8.31. The van der Waals surface area contributed by atoms with Gasteiger partial charge in [-0.25, -0.2) is 4.79 Å². The summed E-state index contributed by atoms with van der Waals surface area (Å²) in [6.07, 6.45) is 5.41. The average molecular weight is 445 g/mol. The Balaban J connectivity index is 1.48. The van der Waals surface area contributed by atoms with Gasteiger partial charge in [0.1, 0.15) is 11.9 Å². The molecule has 1 atom stereocenters. The number of hydrogen-bond donors (Lipinski definition) is 0. The van der Waals surface area contributed by atoms with Gasteiger partial charge in [0.25, 0.3) is 5.69 Å². The number of carbonyl (C=O) groups excluding carboxylic acids is 1. The fourth-order valence-electron chi connectivity index (χ4n) is 4.67. The lowest BCUT2D eigenvalue weighted by Crippen LogP contribution is -2.50. The molecule has 168 valence electrons. The highest BCUT2D eigenvalue weighted by Crippen LogP contribution is 2.39. The van der Waals surface area contributed by atoms with Gasteiger partial charge in [-0.1, -0.05) is 0 Å². The molecule has 3 saturated heterocycles. The van der Waals surface area contributed by atoms with Crippen LogP contribution in [0.4, 0.5) is 5.69 Å². The molecule has 3 fully saturated rings. The highest BCUT2D eigenvalue weighted by Gasteiger charge is 2.40. The largest absolute Gasteiger partial charge is 0.497 e. The van der Waals surface area contributed by atoms with Gasteiger partial charge < -0.3 is 14.4 Å². The molecular weight excluding hydrogens is 422 g/mol. The van der Waals surface area contributed by atoms with Crippen LogP contribution in [-0.4, -0.2) is 47.1 Å². The fraction of sp³-hybridized carbons (Fsp3) is 0.280. The van der Waals surface area contributed by atoms with E-state index in [-0.39, 0.29) is 17.7 Å². The molecule has 2 aromatic carbocycles. The third-order valence-electron chi connectivity index (χ3n) is 6.46. The van der Waals surface area contributed by atoms with Crippen molar-refractivity contribution in [3.8, 4) is 5.75 Å². The number of nitrogens with zero attached hydrogens (tertiary/aromatic N) is 3. The van der Waals surface area contributed by atoms with E-state index in [1.165, 1.54) is 24.3 Å².